The Morgan fingerprint density at radius 3 is 2.64 bits per heavy atom. The van der Waals surface area contributed by atoms with Crippen LogP contribution in [0.1, 0.15) is 17.0 Å². The van der Waals surface area contributed by atoms with Gasteiger partial charge < -0.3 is 4.52 Å². The van der Waals surface area contributed by atoms with Crippen molar-refractivity contribution in [3.8, 4) is 11.4 Å². The van der Waals surface area contributed by atoms with E-state index in [4.69, 9.17) is 16.1 Å². The van der Waals surface area contributed by atoms with Gasteiger partial charge in [-0.05, 0) is 30.7 Å². The molecule has 0 aliphatic carbocycles. The number of nitrogens with zero attached hydrogens (tertiary/aromatic N) is 2. The van der Waals surface area contributed by atoms with Crippen LogP contribution in [0.4, 0.5) is 0 Å². The van der Waals surface area contributed by atoms with E-state index in [1.54, 1.807) is 24.3 Å². The van der Waals surface area contributed by atoms with E-state index in [2.05, 4.69) is 14.9 Å². The second kappa shape index (κ2) is 7.35. The summed E-state index contributed by atoms with van der Waals surface area (Å²) in [6.07, 6.45) is 0. The second-order valence-corrected chi connectivity index (χ2v) is 7.83. The van der Waals surface area contributed by atoms with Crippen LogP contribution in [0.2, 0.25) is 5.02 Å². The number of aryl methyl sites for hydroxylation is 1. The number of hydrogen-bond acceptors (Lipinski definition) is 5. The first-order valence-corrected chi connectivity index (χ1v) is 9.56. The lowest BCUT2D eigenvalue weighted by molar-refractivity contribution is 0.376. The van der Waals surface area contributed by atoms with Gasteiger partial charge in [0, 0.05) is 10.6 Å². The molecule has 0 amide bonds. The summed E-state index contributed by atoms with van der Waals surface area (Å²) in [4.78, 5) is 4.22. The third-order valence-electron chi connectivity index (χ3n) is 3.46. The largest absolute Gasteiger partial charge is 0.338 e. The highest BCUT2D eigenvalue weighted by Gasteiger charge is 2.15. The Hall–Kier alpha value is -2.22. The van der Waals surface area contributed by atoms with Crippen LogP contribution in [-0.4, -0.2) is 18.6 Å². The molecule has 8 heteroatoms. The summed E-state index contributed by atoms with van der Waals surface area (Å²) < 4.78 is 31.9. The molecule has 3 rings (SSSR count). The fourth-order valence-electron chi connectivity index (χ4n) is 2.25. The van der Waals surface area contributed by atoms with Gasteiger partial charge in [0.25, 0.3) is 0 Å². The Labute approximate surface area is 150 Å². The molecule has 0 saturated carbocycles. The zero-order valence-corrected chi connectivity index (χ0v) is 15.0. The third kappa shape index (κ3) is 4.88. The van der Waals surface area contributed by atoms with E-state index in [1.807, 2.05) is 31.2 Å². The SMILES string of the molecule is Cc1cccc(-c2noc(CNS(=O)(=O)Cc3ccc(Cl)cc3)n2)c1. The maximum atomic E-state index is 12.1. The fourth-order valence-corrected chi connectivity index (χ4v) is 3.45. The highest BCUT2D eigenvalue weighted by molar-refractivity contribution is 7.88. The first-order chi connectivity index (χ1) is 11.9. The van der Waals surface area contributed by atoms with Crippen molar-refractivity contribution in [1.82, 2.24) is 14.9 Å². The van der Waals surface area contributed by atoms with Crippen LogP contribution in [-0.2, 0) is 22.3 Å². The topological polar surface area (TPSA) is 85.1 Å². The van der Waals surface area contributed by atoms with Gasteiger partial charge in [-0.3, -0.25) is 0 Å². The minimum absolute atomic E-state index is 0.0608. The van der Waals surface area contributed by atoms with Crippen molar-refractivity contribution in [2.45, 2.75) is 19.2 Å². The molecule has 3 aromatic rings. The number of hydrogen-bond donors (Lipinski definition) is 1. The molecule has 0 spiro atoms. The van der Waals surface area contributed by atoms with Gasteiger partial charge in [0.05, 0.1) is 12.3 Å². The number of rotatable bonds is 6. The first kappa shape index (κ1) is 17.6. The monoisotopic (exact) mass is 377 g/mol. The molecule has 0 unspecified atom stereocenters. The number of halogens is 1. The lowest BCUT2D eigenvalue weighted by atomic mass is 10.1. The van der Waals surface area contributed by atoms with Crippen LogP contribution in [0.5, 0.6) is 0 Å². The van der Waals surface area contributed by atoms with Crippen molar-refractivity contribution >= 4 is 21.6 Å². The van der Waals surface area contributed by atoms with Crippen LogP contribution in [0.15, 0.2) is 53.1 Å². The van der Waals surface area contributed by atoms with Crippen LogP contribution >= 0.6 is 11.6 Å². The van der Waals surface area contributed by atoms with Gasteiger partial charge >= 0.3 is 0 Å². The zero-order chi connectivity index (χ0) is 17.9. The molecule has 1 heterocycles. The molecule has 130 valence electrons. The molecule has 1 N–H and O–H groups in total. The summed E-state index contributed by atoms with van der Waals surface area (Å²) in [7, 11) is -3.53. The predicted molar refractivity (Wildman–Crippen MR) is 95.4 cm³/mol. The maximum absolute atomic E-state index is 12.1. The molecular formula is C17H16ClN3O3S. The van der Waals surface area contributed by atoms with Gasteiger partial charge in [-0.1, -0.05) is 52.7 Å². The van der Waals surface area contributed by atoms with Crippen molar-refractivity contribution in [3.63, 3.8) is 0 Å². The minimum Gasteiger partial charge on any atom is -0.338 e. The van der Waals surface area contributed by atoms with Crippen LogP contribution in [0, 0.1) is 6.92 Å². The van der Waals surface area contributed by atoms with Gasteiger partial charge in [-0.15, -0.1) is 0 Å². The van der Waals surface area contributed by atoms with E-state index in [0.29, 0.717) is 16.4 Å². The molecular weight excluding hydrogens is 362 g/mol. The number of benzene rings is 2. The third-order valence-corrected chi connectivity index (χ3v) is 5.01. The Morgan fingerprint density at radius 1 is 1.16 bits per heavy atom. The van der Waals surface area contributed by atoms with Gasteiger partial charge in [-0.2, -0.15) is 4.98 Å². The summed E-state index contributed by atoms with van der Waals surface area (Å²) in [5, 5.41) is 4.45. The van der Waals surface area contributed by atoms with E-state index >= 15 is 0 Å². The van der Waals surface area contributed by atoms with Gasteiger partial charge in [0.2, 0.25) is 21.7 Å². The second-order valence-electron chi connectivity index (χ2n) is 5.59. The number of sulfonamides is 1. The Kier molecular flexibility index (Phi) is 5.17. The normalized spacial score (nSPS) is 11.6. The Balaban J connectivity index is 1.64. The fraction of sp³-hybridized carbons (Fsp3) is 0.176. The van der Waals surface area contributed by atoms with E-state index < -0.39 is 10.0 Å². The molecule has 0 saturated heterocycles. The minimum atomic E-state index is -3.53. The summed E-state index contributed by atoms with van der Waals surface area (Å²) in [6.45, 7) is 1.91. The lowest BCUT2D eigenvalue weighted by Crippen LogP contribution is -2.24. The molecule has 0 aliphatic heterocycles. The van der Waals surface area contributed by atoms with Crippen molar-refractivity contribution in [1.29, 1.82) is 0 Å². The van der Waals surface area contributed by atoms with E-state index in [-0.39, 0.29) is 18.2 Å². The average Bonchev–Trinajstić information content (AvgIpc) is 3.04. The van der Waals surface area contributed by atoms with Crippen molar-refractivity contribution < 1.29 is 12.9 Å². The quantitative estimate of drug-likeness (QED) is 0.712. The standard InChI is InChI=1S/C17H16ClN3O3S/c1-12-3-2-4-14(9-12)17-20-16(24-21-17)10-19-25(22,23)11-13-5-7-15(18)8-6-13/h2-9,19H,10-11H2,1H3. The molecule has 1 aromatic heterocycles. The van der Waals surface area contributed by atoms with E-state index in [9.17, 15) is 8.42 Å². The molecule has 2 aromatic carbocycles. The van der Waals surface area contributed by atoms with Gasteiger partial charge in [-0.25, -0.2) is 13.1 Å². The summed E-state index contributed by atoms with van der Waals surface area (Å²) in [5.74, 6) is 0.482. The van der Waals surface area contributed by atoms with Gasteiger partial charge in [0.1, 0.15) is 0 Å². The summed E-state index contributed by atoms with van der Waals surface area (Å²) in [5.41, 5.74) is 2.54. The Morgan fingerprint density at radius 2 is 1.92 bits per heavy atom. The van der Waals surface area contributed by atoms with Crippen molar-refractivity contribution in [2.75, 3.05) is 0 Å². The first-order valence-electron chi connectivity index (χ1n) is 7.53. The van der Waals surface area contributed by atoms with Crippen molar-refractivity contribution in [3.05, 3.63) is 70.6 Å². The smallest absolute Gasteiger partial charge is 0.242 e. The number of aromatic nitrogens is 2. The average molecular weight is 378 g/mol. The van der Waals surface area contributed by atoms with Crippen LogP contribution < -0.4 is 4.72 Å². The molecule has 0 bridgehead atoms. The summed E-state index contributed by atoms with van der Waals surface area (Å²) >= 11 is 5.79. The van der Waals surface area contributed by atoms with Crippen molar-refractivity contribution in [2.24, 2.45) is 0 Å². The van der Waals surface area contributed by atoms with Crippen LogP contribution in [0.3, 0.4) is 0 Å². The Bertz CT molecular complexity index is 969. The highest BCUT2D eigenvalue weighted by Crippen LogP contribution is 2.17. The molecule has 0 fully saturated rings. The summed E-state index contributed by atoms with van der Waals surface area (Å²) in [6, 6.07) is 14.3. The lowest BCUT2D eigenvalue weighted by Gasteiger charge is -2.04. The zero-order valence-electron chi connectivity index (χ0n) is 13.4. The maximum Gasteiger partial charge on any atom is 0.242 e. The van der Waals surface area contributed by atoms with Gasteiger partial charge in [0.15, 0.2) is 0 Å². The van der Waals surface area contributed by atoms with E-state index in [0.717, 1.165) is 11.1 Å². The molecule has 0 atom stereocenters. The van der Waals surface area contributed by atoms with Crippen LogP contribution in [0.25, 0.3) is 11.4 Å². The predicted octanol–water partition coefficient (Wildman–Crippen LogP) is 3.32. The molecule has 25 heavy (non-hydrogen) atoms. The molecule has 0 radical (unpaired) electrons. The highest BCUT2D eigenvalue weighted by atomic mass is 35.5. The van der Waals surface area contributed by atoms with E-state index in [1.165, 1.54) is 0 Å². The number of nitrogens with one attached hydrogen (secondary N) is 1. The molecule has 0 aliphatic rings. The molecule has 6 nitrogen and oxygen atoms in total.